The molecular weight excluding hydrogens is 1770 g/mol. The Bertz CT molecular complexity index is 10200. The Balaban J connectivity index is 0.000000107. The highest BCUT2D eigenvalue weighted by atomic mass is 15.0. The summed E-state index contributed by atoms with van der Waals surface area (Å²) in [6.07, 6.45) is 0. The van der Waals surface area contributed by atoms with Crippen molar-refractivity contribution in [2.45, 2.75) is 41.5 Å². The molecule has 0 atom stereocenters. The quantitative estimate of drug-likeness (QED) is 0.128. The molecular formula is C144H99N3. The Morgan fingerprint density at radius 1 is 0.116 bits per heavy atom. The van der Waals surface area contributed by atoms with Crippen LogP contribution in [-0.2, 0) is 0 Å². The summed E-state index contributed by atoms with van der Waals surface area (Å²) >= 11 is 0. The molecule has 0 spiro atoms. The second kappa shape index (κ2) is 34.7. The molecule has 30 aromatic rings. The lowest BCUT2D eigenvalue weighted by Crippen LogP contribution is -1.96. The van der Waals surface area contributed by atoms with Crippen LogP contribution in [0.5, 0.6) is 0 Å². The van der Waals surface area contributed by atoms with Crippen molar-refractivity contribution < 1.29 is 0 Å². The van der Waals surface area contributed by atoms with Gasteiger partial charge in [0.2, 0.25) is 0 Å². The summed E-state index contributed by atoms with van der Waals surface area (Å²) in [5.74, 6) is 0. The zero-order valence-electron chi connectivity index (χ0n) is 82.6. The Hall–Kier alpha value is -18.5. The van der Waals surface area contributed by atoms with Crippen LogP contribution >= 0.6 is 0 Å². The van der Waals surface area contributed by atoms with Gasteiger partial charge in [0.15, 0.2) is 0 Å². The van der Waals surface area contributed by atoms with Crippen molar-refractivity contribution in [1.29, 1.82) is 0 Å². The zero-order chi connectivity index (χ0) is 97.9. The van der Waals surface area contributed by atoms with Crippen LogP contribution in [0, 0.1) is 41.5 Å². The molecule has 0 saturated carbocycles. The van der Waals surface area contributed by atoms with E-state index in [2.05, 4.69) is 547 Å². The summed E-state index contributed by atoms with van der Waals surface area (Å²) < 4.78 is 7.56. The largest absolute Gasteiger partial charge is 0.308 e. The van der Waals surface area contributed by atoms with Crippen molar-refractivity contribution in [1.82, 2.24) is 13.7 Å². The Morgan fingerprint density at radius 3 is 0.633 bits per heavy atom. The molecule has 3 heteroatoms. The van der Waals surface area contributed by atoms with E-state index in [1.54, 1.807) is 0 Å². The van der Waals surface area contributed by atoms with E-state index in [1.807, 2.05) is 0 Å². The summed E-state index contributed by atoms with van der Waals surface area (Å²) in [4.78, 5) is 0. The van der Waals surface area contributed by atoms with E-state index in [-0.39, 0.29) is 0 Å². The van der Waals surface area contributed by atoms with Gasteiger partial charge in [-0.15, -0.1) is 0 Å². The number of aromatic nitrogens is 3. The third kappa shape index (κ3) is 13.9. The van der Waals surface area contributed by atoms with Crippen LogP contribution in [0.1, 0.15) is 33.4 Å². The number of aryl methyl sites for hydroxylation is 6. The van der Waals surface area contributed by atoms with Crippen LogP contribution in [-0.4, -0.2) is 13.7 Å². The fourth-order valence-corrected chi connectivity index (χ4v) is 25.0. The van der Waals surface area contributed by atoms with E-state index in [9.17, 15) is 0 Å². The normalized spacial score (nSPS) is 11.9. The number of nitrogens with zero attached hydrogens (tertiary/aromatic N) is 3. The minimum Gasteiger partial charge on any atom is -0.308 e. The Kier molecular flexibility index (Phi) is 20.4. The predicted molar refractivity (Wildman–Crippen MR) is 633 cm³/mol. The van der Waals surface area contributed by atoms with Crippen LogP contribution in [0.4, 0.5) is 0 Å². The first-order valence-electron chi connectivity index (χ1n) is 51.3. The van der Waals surface area contributed by atoms with E-state index >= 15 is 0 Å². The molecule has 0 unspecified atom stereocenters. The second-order valence-corrected chi connectivity index (χ2v) is 40.3. The molecule has 0 aliphatic rings. The van der Waals surface area contributed by atoms with Gasteiger partial charge in [0, 0.05) is 81.7 Å². The summed E-state index contributed by atoms with van der Waals surface area (Å²) in [6.45, 7) is 13.3. The first-order chi connectivity index (χ1) is 72.4. The fourth-order valence-electron chi connectivity index (χ4n) is 25.0. The average Bonchev–Trinajstić information content (AvgIpc) is 1.61. The highest BCUT2D eigenvalue weighted by Gasteiger charge is 2.27. The molecule has 0 saturated heterocycles. The molecule has 3 nitrogen and oxygen atoms in total. The van der Waals surface area contributed by atoms with Crippen LogP contribution < -0.4 is 0 Å². The topological polar surface area (TPSA) is 14.8 Å². The molecule has 690 valence electrons. The maximum atomic E-state index is 2.52. The molecule has 0 aliphatic carbocycles. The maximum Gasteiger partial charge on any atom is 0.0619 e. The standard InChI is InChI=1S/3C48H33N/c1-30-16-18-32-22-26-41-42-27-23-33-19-17-31(2)29-44(33)48(42)49(47(41)43(32)28-30)36-24-20-35(21-25-36)46-39-14-8-6-12-37(39)45(34-10-4-3-5-11-34)38-13-7-9-15-40(38)46;1-30-28-35-23-27-43-42-26-22-32-12-6-7-15-37(32)47(42)49(48(43)44(35)29-31(30)2)36-24-20-34(21-25-36)46-40-18-10-8-16-38(40)45(33-13-4-3-5-14-33)39-17-9-11-19-41(39)46;1-30-28-31(2)36-26-27-43-42-25-22-32-12-6-7-15-37(32)47(42)49(48(43)44(36)29-30)35-23-20-34(21-24-35)46-40-18-10-8-16-38(40)45(33-13-4-3-5-14-33)39-17-9-11-19-41(39)46/h3*3-29H,1-2H3. The van der Waals surface area contributed by atoms with Crippen molar-refractivity contribution in [3.63, 3.8) is 0 Å². The Morgan fingerprint density at radius 2 is 0.327 bits per heavy atom. The van der Waals surface area contributed by atoms with E-state index in [1.165, 1.54) is 312 Å². The predicted octanol–water partition coefficient (Wildman–Crippen LogP) is 40.0. The number of benzene rings is 27. The van der Waals surface area contributed by atoms with Crippen molar-refractivity contribution in [3.8, 4) is 83.8 Å². The number of hydrogen-bond acceptors (Lipinski definition) is 0. The minimum atomic E-state index is 1.17. The monoisotopic (exact) mass is 1870 g/mol. The lowest BCUT2D eigenvalue weighted by atomic mass is 9.86. The van der Waals surface area contributed by atoms with Crippen molar-refractivity contribution in [2.24, 2.45) is 0 Å². The van der Waals surface area contributed by atoms with Gasteiger partial charge in [0.25, 0.3) is 0 Å². The van der Waals surface area contributed by atoms with Crippen LogP contribution in [0.3, 0.4) is 0 Å². The van der Waals surface area contributed by atoms with Crippen LogP contribution in [0.2, 0.25) is 0 Å². The number of rotatable bonds is 9. The molecule has 0 N–H and O–H groups in total. The fraction of sp³-hybridized carbons (Fsp3) is 0.0417. The number of fused-ring (bicyclic) bond motifs is 27. The average molecular weight is 1870 g/mol. The first kappa shape index (κ1) is 86.4. The molecule has 147 heavy (non-hydrogen) atoms. The van der Waals surface area contributed by atoms with Gasteiger partial charge in [-0.2, -0.15) is 0 Å². The highest BCUT2D eigenvalue weighted by molar-refractivity contribution is 6.30. The zero-order valence-corrected chi connectivity index (χ0v) is 82.6. The lowest BCUT2D eigenvalue weighted by Gasteiger charge is -2.18. The Labute approximate surface area is 852 Å². The van der Waals surface area contributed by atoms with Gasteiger partial charge >= 0.3 is 0 Å². The molecule has 0 fully saturated rings. The summed E-state index contributed by atoms with van der Waals surface area (Å²) in [5, 5.41) is 38.3. The van der Waals surface area contributed by atoms with E-state index in [4.69, 9.17) is 0 Å². The number of hydrogen-bond donors (Lipinski definition) is 0. The molecule has 0 bridgehead atoms. The third-order valence-corrected chi connectivity index (χ3v) is 31.6. The van der Waals surface area contributed by atoms with Gasteiger partial charge in [-0.1, -0.05) is 447 Å². The lowest BCUT2D eigenvalue weighted by molar-refractivity contribution is 1.19. The van der Waals surface area contributed by atoms with E-state index in [0.29, 0.717) is 0 Å². The van der Waals surface area contributed by atoms with Crippen molar-refractivity contribution in [3.05, 3.63) is 525 Å². The smallest absolute Gasteiger partial charge is 0.0619 e. The highest BCUT2D eigenvalue weighted by Crippen LogP contribution is 2.52. The molecule has 0 radical (unpaired) electrons. The SMILES string of the molecule is Cc1cc(C)c2ccc3c4ccc5ccccc5c4n(-c4ccc(-c5c6ccccc6c(-c6ccccc6)c6ccccc56)cc4)c3c2c1.Cc1cc2ccc3c4ccc5ccccc5c4n(-c4ccc(-c5c6ccccc6c(-c6ccccc6)c6ccccc56)cc4)c3c2cc1C.Cc1ccc2ccc3c4ccc5ccc(C)cc5c4n(-c4ccc(-c5c6ccccc6c(-c6ccccc6)c6ccccc56)cc4)c3c2c1. The van der Waals surface area contributed by atoms with E-state index < -0.39 is 0 Å². The maximum absolute atomic E-state index is 2.52. The van der Waals surface area contributed by atoms with Crippen LogP contribution in [0.25, 0.3) is 279 Å². The van der Waals surface area contributed by atoms with Crippen molar-refractivity contribution >= 4 is 195 Å². The van der Waals surface area contributed by atoms with Gasteiger partial charge < -0.3 is 13.7 Å². The second-order valence-electron chi connectivity index (χ2n) is 40.3. The van der Waals surface area contributed by atoms with Gasteiger partial charge in [-0.05, 0) is 283 Å². The third-order valence-electron chi connectivity index (χ3n) is 31.6. The van der Waals surface area contributed by atoms with Crippen molar-refractivity contribution in [2.75, 3.05) is 0 Å². The molecule has 0 amide bonds. The first-order valence-corrected chi connectivity index (χ1v) is 51.3. The summed E-state index contributed by atoms with van der Waals surface area (Å²) in [6, 6.07) is 182. The molecule has 0 aliphatic heterocycles. The van der Waals surface area contributed by atoms with E-state index in [0.717, 1.165) is 0 Å². The summed E-state index contributed by atoms with van der Waals surface area (Å²) in [7, 11) is 0. The molecule has 30 rings (SSSR count). The van der Waals surface area contributed by atoms with Crippen LogP contribution in [0.15, 0.2) is 491 Å². The molecule has 3 aromatic heterocycles. The van der Waals surface area contributed by atoms with Gasteiger partial charge in [0.05, 0.1) is 33.1 Å². The van der Waals surface area contributed by atoms with Gasteiger partial charge in [-0.25, -0.2) is 0 Å². The molecule has 27 aromatic carbocycles. The van der Waals surface area contributed by atoms with Gasteiger partial charge in [-0.3, -0.25) is 0 Å². The van der Waals surface area contributed by atoms with Gasteiger partial charge in [0.1, 0.15) is 0 Å². The summed E-state index contributed by atoms with van der Waals surface area (Å²) in [5.41, 5.74) is 34.0. The minimum absolute atomic E-state index is 1.17. The molecule has 3 heterocycles.